The molecule has 2 aliphatic rings. The third-order valence-corrected chi connectivity index (χ3v) is 8.18. The highest BCUT2D eigenvalue weighted by molar-refractivity contribution is 5.52. The van der Waals surface area contributed by atoms with Crippen molar-refractivity contribution in [2.75, 3.05) is 37.6 Å². The summed E-state index contributed by atoms with van der Waals surface area (Å²) >= 11 is 0. The molecule has 0 radical (unpaired) electrons. The molecule has 41 heavy (non-hydrogen) atoms. The number of anilines is 1. The molecule has 0 aliphatic carbocycles. The normalized spacial score (nSPS) is 20.6. The third-order valence-electron chi connectivity index (χ3n) is 8.18. The van der Waals surface area contributed by atoms with Gasteiger partial charge in [0.25, 0.3) is 6.43 Å². The highest BCUT2D eigenvalue weighted by atomic mass is 19.3. The van der Waals surface area contributed by atoms with Crippen LogP contribution in [0.25, 0.3) is 0 Å². The van der Waals surface area contributed by atoms with Gasteiger partial charge in [0.05, 0.1) is 12.6 Å². The number of rotatable bonds is 7. The fourth-order valence-corrected chi connectivity index (χ4v) is 6.13. The van der Waals surface area contributed by atoms with Crippen molar-refractivity contribution in [3.8, 4) is 5.75 Å². The molecule has 1 N–H and O–H groups in total. The van der Waals surface area contributed by atoms with Crippen molar-refractivity contribution < 1.29 is 22.3 Å². The largest absolute Gasteiger partial charge is 0.489 e. The summed E-state index contributed by atoms with van der Waals surface area (Å²) in [7, 11) is 0. The highest BCUT2D eigenvalue weighted by Gasteiger charge is 2.38. The van der Waals surface area contributed by atoms with Gasteiger partial charge in [-0.25, -0.2) is 17.6 Å². The minimum Gasteiger partial charge on any atom is -0.489 e. The predicted octanol–water partition coefficient (Wildman–Crippen LogP) is 7.11. The number of halogens is 4. The van der Waals surface area contributed by atoms with Crippen LogP contribution in [0.5, 0.6) is 5.75 Å². The van der Waals surface area contributed by atoms with Gasteiger partial charge >= 0.3 is 0 Å². The molecule has 1 fully saturated rings. The molecule has 0 bridgehead atoms. The first-order chi connectivity index (χ1) is 19.9. The van der Waals surface area contributed by atoms with E-state index in [-0.39, 0.29) is 11.6 Å². The lowest BCUT2D eigenvalue weighted by Gasteiger charge is -2.42. The van der Waals surface area contributed by atoms with Crippen molar-refractivity contribution in [1.82, 2.24) is 10.2 Å². The Balaban J connectivity index is 1.47. The maximum Gasteiger partial charge on any atom is 0.251 e. The Labute approximate surface area is 240 Å². The molecule has 0 aromatic heterocycles. The monoisotopic (exact) mass is 569 g/mol. The lowest BCUT2D eigenvalue weighted by atomic mass is 9.84. The summed E-state index contributed by atoms with van der Waals surface area (Å²) < 4.78 is 65.5. The van der Waals surface area contributed by atoms with Crippen LogP contribution < -0.4 is 15.0 Å². The third kappa shape index (κ3) is 7.22. The zero-order chi connectivity index (χ0) is 28.8. The van der Waals surface area contributed by atoms with E-state index in [0.29, 0.717) is 36.6 Å². The fraction of sp³-hybridized carbons (Fsp3) is 0.455. The van der Waals surface area contributed by atoms with E-state index in [1.165, 1.54) is 17.0 Å². The zero-order valence-electron chi connectivity index (χ0n) is 23.6. The molecule has 0 saturated carbocycles. The Kier molecular flexibility index (Phi) is 9.83. The Morgan fingerprint density at radius 2 is 1.63 bits per heavy atom. The number of nitrogens with one attached hydrogen (secondary N) is 1. The van der Waals surface area contributed by atoms with Gasteiger partial charge < -0.3 is 15.0 Å². The summed E-state index contributed by atoms with van der Waals surface area (Å²) in [5.74, 6) is -0.775. The summed E-state index contributed by atoms with van der Waals surface area (Å²) in [6.07, 6.45) is 1.77. The second-order valence-electron chi connectivity index (χ2n) is 11.2. The highest BCUT2D eigenvalue weighted by Crippen LogP contribution is 2.42. The molecule has 3 aromatic carbocycles. The lowest BCUT2D eigenvalue weighted by Crippen LogP contribution is -2.45. The van der Waals surface area contributed by atoms with Crippen molar-refractivity contribution in [2.24, 2.45) is 0 Å². The zero-order valence-corrected chi connectivity index (χ0v) is 23.6. The first-order valence-corrected chi connectivity index (χ1v) is 14.7. The molecular formula is C33H39F4N3O. The maximum atomic E-state index is 16.0. The van der Waals surface area contributed by atoms with E-state index in [9.17, 15) is 8.78 Å². The average Bonchev–Trinajstić information content (AvgIpc) is 2.96. The van der Waals surface area contributed by atoms with E-state index in [2.05, 4.69) is 5.32 Å². The smallest absolute Gasteiger partial charge is 0.251 e. The van der Waals surface area contributed by atoms with Gasteiger partial charge in [0.1, 0.15) is 24.0 Å². The van der Waals surface area contributed by atoms with Gasteiger partial charge in [0, 0.05) is 30.4 Å². The molecule has 2 heterocycles. The molecule has 220 valence electrons. The van der Waals surface area contributed by atoms with Crippen LogP contribution in [0, 0.1) is 11.6 Å². The van der Waals surface area contributed by atoms with Crippen LogP contribution in [0.15, 0.2) is 60.7 Å². The Bertz CT molecular complexity index is 1260. The molecule has 8 heteroatoms. The number of hydrogen-bond acceptors (Lipinski definition) is 4. The lowest BCUT2D eigenvalue weighted by molar-refractivity contribution is 0.0444. The molecule has 3 aromatic rings. The van der Waals surface area contributed by atoms with Gasteiger partial charge in [-0.2, -0.15) is 0 Å². The summed E-state index contributed by atoms with van der Waals surface area (Å²) in [5, 5.41) is 3.41. The van der Waals surface area contributed by atoms with Crippen LogP contribution in [-0.2, 0) is 13.0 Å². The summed E-state index contributed by atoms with van der Waals surface area (Å²) in [6, 6.07) is 16.6. The number of hydrogen-bond donors (Lipinski definition) is 1. The Morgan fingerprint density at radius 3 is 2.39 bits per heavy atom. The van der Waals surface area contributed by atoms with E-state index in [0.717, 1.165) is 56.4 Å². The second-order valence-corrected chi connectivity index (χ2v) is 11.2. The van der Waals surface area contributed by atoms with Crippen LogP contribution in [0.1, 0.15) is 60.9 Å². The molecule has 2 aliphatic heterocycles. The van der Waals surface area contributed by atoms with Gasteiger partial charge in [0.15, 0.2) is 0 Å². The molecule has 0 spiro atoms. The first kappa shape index (κ1) is 29.4. The van der Waals surface area contributed by atoms with Gasteiger partial charge in [-0.3, -0.25) is 4.90 Å². The van der Waals surface area contributed by atoms with E-state index in [4.69, 9.17) is 4.74 Å². The predicted molar refractivity (Wildman–Crippen MR) is 155 cm³/mol. The number of ether oxygens (including phenoxy) is 1. The van der Waals surface area contributed by atoms with E-state index in [1.54, 1.807) is 12.1 Å². The van der Waals surface area contributed by atoms with Crippen LogP contribution >= 0.6 is 0 Å². The average molecular weight is 570 g/mol. The standard InChI is InChI=1S/C33H39F4N3O/c1-23-17-25-18-27(41-22-24-9-4-2-5-10-24)11-12-28(25)33(40(23)21-31(36)37)32-29(34)19-26(20-30(32)35)39-15-7-3-6-13-38-14-8-16-39/h2,4-5,9-12,18-20,23,31,33,38H,3,6-8,13-17,21-22H2,1H3/t23-,33?/m1/s1. The molecule has 0 amide bonds. The van der Waals surface area contributed by atoms with Gasteiger partial charge in [-0.15, -0.1) is 0 Å². The topological polar surface area (TPSA) is 27.7 Å². The van der Waals surface area contributed by atoms with Crippen molar-refractivity contribution in [3.63, 3.8) is 0 Å². The second kappa shape index (κ2) is 13.7. The molecular weight excluding hydrogens is 530 g/mol. The minimum atomic E-state index is -2.64. The quantitative estimate of drug-likeness (QED) is 0.307. The maximum absolute atomic E-state index is 16.0. The van der Waals surface area contributed by atoms with E-state index < -0.39 is 30.6 Å². The molecule has 2 atom stereocenters. The van der Waals surface area contributed by atoms with Crippen LogP contribution in [0.2, 0.25) is 0 Å². The van der Waals surface area contributed by atoms with Crippen molar-refractivity contribution >= 4 is 5.69 Å². The molecule has 5 rings (SSSR count). The van der Waals surface area contributed by atoms with Crippen molar-refractivity contribution in [3.05, 3.63) is 94.6 Å². The van der Waals surface area contributed by atoms with Crippen LogP contribution in [0.3, 0.4) is 0 Å². The number of benzene rings is 3. The fourth-order valence-electron chi connectivity index (χ4n) is 6.13. The summed E-state index contributed by atoms with van der Waals surface area (Å²) in [6.45, 7) is 4.91. The van der Waals surface area contributed by atoms with Gasteiger partial charge in [-0.1, -0.05) is 42.8 Å². The van der Waals surface area contributed by atoms with E-state index >= 15 is 8.78 Å². The molecule has 1 unspecified atom stereocenters. The molecule has 4 nitrogen and oxygen atoms in total. The van der Waals surface area contributed by atoms with Gasteiger partial charge in [-0.05, 0) is 86.7 Å². The first-order valence-electron chi connectivity index (χ1n) is 14.7. The number of nitrogens with zero attached hydrogens (tertiary/aromatic N) is 2. The Morgan fingerprint density at radius 1 is 0.902 bits per heavy atom. The summed E-state index contributed by atoms with van der Waals surface area (Å²) in [4.78, 5) is 3.57. The van der Waals surface area contributed by atoms with Crippen molar-refractivity contribution in [2.45, 2.75) is 64.1 Å². The summed E-state index contributed by atoms with van der Waals surface area (Å²) in [5.41, 5.74) is 2.82. The SMILES string of the molecule is C[C@@H]1Cc2cc(OCc3ccccc3)ccc2C(c2c(F)cc(N3CCCCCNCCC3)cc2F)N1CC(F)F. The van der Waals surface area contributed by atoms with Crippen LogP contribution in [-0.4, -0.2) is 50.1 Å². The Hall–Kier alpha value is -3.10. The van der Waals surface area contributed by atoms with Crippen LogP contribution in [0.4, 0.5) is 23.2 Å². The number of fused-ring (bicyclic) bond motifs is 1. The van der Waals surface area contributed by atoms with Crippen molar-refractivity contribution in [1.29, 1.82) is 0 Å². The van der Waals surface area contributed by atoms with Gasteiger partial charge in [0.2, 0.25) is 0 Å². The van der Waals surface area contributed by atoms with E-state index in [1.807, 2.05) is 48.2 Å². The minimum absolute atomic E-state index is 0.178. The molecule has 1 saturated heterocycles. The number of alkyl halides is 2.